The number of hydrogen-bond donors (Lipinski definition) is 1. The number of ether oxygens (including phenoxy) is 2. The SMILES string of the molecule is Fc1cccc(OCCCOCCN2CCNCC2)c1. The van der Waals surface area contributed by atoms with E-state index in [0.29, 0.717) is 19.0 Å². The van der Waals surface area contributed by atoms with Crippen molar-refractivity contribution in [3.05, 3.63) is 30.1 Å². The molecule has 1 aromatic carbocycles. The quantitative estimate of drug-likeness (QED) is 0.733. The maximum absolute atomic E-state index is 12.9. The Morgan fingerprint density at radius 2 is 2.00 bits per heavy atom. The third-order valence-electron chi connectivity index (χ3n) is 3.26. The Morgan fingerprint density at radius 3 is 2.80 bits per heavy atom. The standard InChI is InChI=1S/C15H23FN2O2/c16-14-3-1-4-15(13-14)20-11-2-10-19-12-9-18-7-5-17-6-8-18/h1,3-4,13,17H,2,5-12H2. The summed E-state index contributed by atoms with van der Waals surface area (Å²) in [5.74, 6) is 0.306. The molecule has 1 heterocycles. The molecule has 0 unspecified atom stereocenters. The van der Waals surface area contributed by atoms with Crippen LogP contribution in [0.5, 0.6) is 5.75 Å². The fourth-order valence-corrected chi connectivity index (χ4v) is 2.14. The van der Waals surface area contributed by atoms with Gasteiger partial charge >= 0.3 is 0 Å². The van der Waals surface area contributed by atoms with Crippen LogP contribution >= 0.6 is 0 Å². The largest absolute Gasteiger partial charge is 0.493 e. The second-order valence-corrected chi connectivity index (χ2v) is 4.86. The van der Waals surface area contributed by atoms with Gasteiger partial charge in [-0.1, -0.05) is 6.07 Å². The molecule has 1 aromatic rings. The number of benzene rings is 1. The molecule has 1 fully saturated rings. The van der Waals surface area contributed by atoms with Gasteiger partial charge in [-0.25, -0.2) is 4.39 Å². The summed E-state index contributed by atoms with van der Waals surface area (Å²) in [4.78, 5) is 2.40. The lowest BCUT2D eigenvalue weighted by Crippen LogP contribution is -2.44. The monoisotopic (exact) mass is 282 g/mol. The molecule has 1 aliphatic heterocycles. The van der Waals surface area contributed by atoms with Gasteiger partial charge in [0.1, 0.15) is 11.6 Å². The van der Waals surface area contributed by atoms with Gasteiger partial charge in [0.05, 0.1) is 13.2 Å². The van der Waals surface area contributed by atoms with Crippen LogP contribution in [0.15, 0.2) is 24.3 Å². The Morgan fingerprint density at radius 1 is 1.15 bits per heavy atom. The van der Waals surface area contributed by atoms with Gasteiger partial charge in [0.2, 0.25) is 0 Å². The van der Waals surface area contributed by atoms with E-state index in [0.717, 1.165) is 45.8 Å². The van der Waals surface area contributed by atoms with Crippen molar-refractivity contribution < 1.29 is 13.9 Å². The van der Waals surface area contributed by atoms with Crippen LogP contribution in [0.3, 0.4) is 0 Å². The third kappa shape index (κ3) is 5.86. The van der Waals surface area contributed by atoms with E-state index in [9.17, 15) is 4.39 Å². The normalized spacial score (nSPS) is 16.2. The molecule has 20 heavy (non-hydrogen) atoms. The maximum Gasteiger partial charge on any atom is 0.126 e. The van der Waals surface area contributed by atoms with Crippen molar-refractivity contribution in [1.29, 1.82) is 0 Å². The van der Waals surface area contributed by atoms with Crippen LogP contribution in [-0.4, -0.2) is 57.4 Å². The summed E-state index contributed by atoms with van der Waals surface area (Å²) < 4.78 is 23.9. The summed E-state index contributed by atoms with van der Waals surface area (Å²) in [5, 5.41) is 3.33. The minimum Gasteiger partial charge on any atom is -0.493 e. The summed E-state index contributed by atoms with van der Waals surface area (Å²) in [7, 11) is 0. The fraction of sp³-hybridized carbons (Fsp3) is 0.600. The van der Waals surface area contributed by atoms with Crippen molar-refractivity contribution in [3.8, 4) is 5.75 Å². The minimum atomic E-state index is -0.269. The summed E-state index contributed by atoms with van der Waals surface area (Å²) in [6.45, 7) is 7.34. The van der Waals surface area contributed by atoms with Crippen LogP contribution in [0.2, 0.25) is 0 Å². The molecule has 0 aliphatic carbocycles. The highest BCUT2D eigenvalue weighted by atomic mass is 19.1. The van der Waals surface area contributed by atoms with Crippen molar-refractivity contribution in [3.63, 3.8) is 0 Å². The predicted molar refractivity (Wildman–Crippen MR) is 76.6 cm³/mol. The van der Waals surface area contributed by atoms with Gasteiger partial charge in [-0.15, -0.1) is 0 Å². The average Bonchev–Trinajstić information content (AvgIpc) is 2.47. The molecular formula is C15H23FN2O2. The van der Waals surface area contributed by atoms with Crippen molar-refractivity contribution in [2.45, 2.75) is 6.42 Å². The molecule has 5 heteroatoms. The Kier molecular flexibility index (Phi) is 6.77. The highest BCUT2D eigenvalue weighted by molar-refractivity contribution is 5.22. The highest BCUT2D eigenvalue weighted by Gasteiger charge is 2.08. The fourth-order valence-electron chi connectivity index (χ4n) is 2.14. The zero-order valence-corrected chi connectivity index (χ0v) is 11.8. The molecular weight excluding hydrogens is 259 g/mol. The number of hydrogen-bond acceptors (Lipinski definition) is 4. The molecule has 1 aliphatic rings. The van der Waals surface area contributed by atoms with Crippen LogP contribution < -0.4 is 10.1 Å². The van der Waals surface area contributed by atoms with Gasteiger partial charge in [0.25, 0.3) is 0 Å². The van der Waals surface area contributed by atoms with E-state index in [1.54, 1.807) is 12.1 Å². The second kappa shape index (κ2) is 8.89. The van der Waals surface area contributed by atoms with Gasteiger partial charge in [-0.05, 0) is 12.1 Å². The van der Waals surface area contributed by atoms with Crippen molar-refractivity contribution >= 4 is 0 Å². The zero-order valence-electron chi connectivity index (χ0n) is 11.8. The van der Waals surface area contributed by atoms with Gasteiger partial charge in [0.15, 0.2) is 0 Å². The average molecular weight is 282 g/mol. The van der Waals surface area contributed by atoms with Crippen LogP contribution in [0.1, 0.15) is 6.42 Å². The van der Waals surface area contributed by atoms with Crippen molar-refractivity contribution in [2.75, 3.05) is 52.5 Å². The van der Waals surface area contributed by atoms with E-state index >= 15 is 0 Å². The molecule has 112 valence electrons. The molecule has 0 aromatic heterocycles. The van der Waals surface area contributed by atoms with Crippen molar-refractivity contribution in [2.24, 2.45) is 0 Å². The van der Waals surface area contributed by atoms with Crippen molar-refractivity contribution in [1.82, 2.24) is 10.2 Å². The lowest BCUT2D eigenvalue weighted by molar-refractivity contribution is 0.0901. The molecule has 0 bridgehead atoms. The summed E-state index contributed by atoms with van der Waals surface area (Å²) in [5.41, 5.74) is 0. The number of nitrogens with one attached hydrogen (secondary N) is 1. The Hall–Kier alpha value is -1.17. The third-order valence-corrected chi connectivity index (χ3v) is 3.26. The Labute approximate surface area is 119 Å². The maximum atomic E-state index is 12.9. The molecule has 0 spiro atoms. The van der Waals surface area contributed by atoms with Crippen LogP contribution in [-0.2, 0) is 4.74 Å². The van der Waals surface area contributed by atoms with Gasteiger partial charge in [-0.2, -0.15) is 0 Å². The van der Waals surface area contributed by atoms with Crippen LogP contribution in [0.25, 0.3) is 0 Å². The topological polar surface area (TPSA) is 33.7 Å². The number of nitrogens with zero attached hydrogens (tertiary/aromatic N) is 1. The van der Waals surface area contributed by atoms with E-state index in [1.807, 2.05) is 0 Å². The van der Waals surface area contributed by atoms with E-state index in [2.05, 4.69) is 10.2 Å². The van der Waals surface area contributed by atoms with Gasteiger partial charge in [-0.3, -0.25) is 4.90 Å². The first-order valence-corrected chi connectivity index (χ1v) is 7.24. The molecule has 2 rings (SSSR count). The van der Waals surface area contributed by atoms with Crippen LogP contribution in [0.4, 0.5) is 4.39 Å². The molecule has 0 amide bonds. The Balaban J connectivity index is 1.45. The smallest absolute Gasteiger partial charge is 0.126 e. The predicted octanol–water partition coefficient (Wildman–Crippen LogP) is 1.52. The Bertz CT molecular complexity index is 384. The van der Waals surface area contributed by atoms with Crippen LogP contribution in [0, 0.1) is 5.82 Å². The van der Waals surface area contributed by atoms with E-state index in [4.69, 9.17) is 9.47 Å². The summed E-state index contributed by atoms with van der Waals surface area (Å²) in [6.07, 6.45) is 0.818. The lowest BCUT2D eigenvalue weighted by atomic mass is 10.3. The molecule has 0 saturated carbocycles. The molecule has 0 radical (unpaired) electrons. The van der Waals surface area contributed by atoms with E-state index in [1.165, 1.54) is 12.1 Å². The molecule has 1 N–H and O–H groups in total. The van der Waals surface area contributed by atoms with E-state index in [-0.39, 0.29) is 5.82 Å². The lowest BCUT2D eigenvalue weighted by Gasteiger charge is -2.26. The number of piperazine rings is 1. The molecule has 1 saturated heterocycles. The summed E-state index contributed by atoms with van der Waals surface area (Å²) >= 11 is 0. The first-order valence-electron chi connectivity index (χ1n) is 7.24. The molecule has 0 atom stereocenters. The van der Waals surface area contributed by atoms with E-state index < -0.39 is 0 Å². The number of rotatable bonds is 8. The van der Waals surface area contributed by atoms with Gasteiger partial charge < -0.3 is 14.8 Å². The highest BCUT2D eigenvalue weighted by Crippen LogP contribution is 2.11. The van der Waals surface area contributed by atoms with Gasteiger partial charge in [0, 0.05) is 51.8 Å². The summed E-state index contributed by atoms with van der Waals surface area (Å²) in [6, 6.07) is 6.21. The molecule has 4 nitrogen and oxygen atoms in total. The first kappa shape index (κ1) is 15.2. The number of halogens is 1. The first-order chi connectivity index (χ1) is 9.84. The minimum absolute atomic E-state index is 0.269. The second-order valence-electron chi connectivity index (χ2n) is 4.86. The zero-order chi connectivity index (χ0) is 14.0.